The molecule has 18 heavy (non-hydrogen) atoms. The molecular formula is C14H20N4. The third-order valence-corrected chi connectivity index (χ3v) is 3.41. The van der Waals surface area contributed by atoms with Crippen LogP contribution in [0.1, 0.15) is 20.8 Å². The van der Waals surface area contributed by atoms with Gasteiger partial charge in [-0.15, -0.1) is 0 Å². The zero-order chi connectivity index (χ0) is 13.1. The van der Waals surface area contributed by atoms with E-state index in [1.54, 1.807) is 6.20 Å². The smallest absolute Gasteiger partial charge is 0.123 e. The van der Waals surface area contributed by atoms with Gasteiger partial charge in [-0.25, -0.2) is 9.97 Å². The van der Waals surface area contributed by atoms with Gasteiger partial charge >= 0.3 is 0 Å². The molecule has 2 rings (SSSR count). The Morgan fingerprint density at radius 3 is 2.78 bits per heavy atom. The summed E-state index contributed by atoms with van der Waals surface area (Å²) >= 11 is 0. The number of rotatable bonds is 4. The fraction of sp³-hybridized carbons (Fsp3) is 0.429. The Balaban J connectivity index is 2.28. The van der Waals surface area contributed by atoms with Crippen molar-refractivity contribution >= 4 is 5.82 Å². The van der Waals surface area contributed by atoms with E-state index < -0.39 is 0 Å². The second-order valence-corrected chi connectivity index (χ2v) is 5.12. The summed E-state index contributed by atoms with van der Waals surface area (Å²) in [6.45, 7) is 7.71. The monoisotopic (exact) mass is 244 g/mol. The van der Waals surface area contributed by atoms with E-state index in [0.717, 1.165) is 17.8 Å². The third-order valence-electron chi connectivity index (χ3n) is 3.41. The summed E-state index contributed by atoms with van der Waals surface area (Å²) in [4.78, 5) is 8.26. The molecule has 0 saturated heterocycles. The fourth-order valence-electron chi connectivity index (χ4n) is 1.84. The maximum atomic E-state index is 5.72. The zero-order valence-corrected chi connectivity index (χ0v) is 11.2. The van der Waals surface area contributed by atoms with Crippen molar-refractivity contribution in [1.29, 1.82) is 0 Å². The van der Waals surface area contributed by atoms with Gasteiger partial charge in [0.05, 0.1) is 18.2 Å². The topological polar surface area (TPSA) is 56.7 Å². The van der Waals surface area contributed by atoms with Crippen LogP contribution >= 0.6 is 0 Å². The summed E-state index contributed by atoms with van der Waals surface area (Å²) in [5.41, 5.74) is 7.88. The lowest BCUT2D eigenvalue weighted by molar-refractivity contribution is 0.366. The Morgan fingerprint density at radius 2 is 2.11 bits per heavy atom. The Bertz CT molecular complexity index is 516. The van der Waals surface area contributed by atoms with Gasteiger partial charge in [-0.2, -0.15) is 0 Å². The SMILES string of the molecule is CC(C)C(C)Cn1cncc1-c1ccnc(N)c1. The first-order valence-electron chi connectivity index (χ1n) is 6.30. The molecule has 1 atom stereocenters. The van der Waals surface area contributed by atoms with Crippen molar-refractivity contribution in [2.75, 3.05) is 5.73 Å². The number of nitrogens with zero attached hydrogens (tertiary/aromatic N) is 3. The number of hydrogen-bond acceptors (Lipinski definition) is 3. The summed E-state index contributed by atoms with van der Waals surface area (Å²) in [7, 11) is 0. The highest BCUT2D eigenvalue weighted by atomic mass is 15.0. The minimum atomic E-state index is 0.539. The Kier molecular flexibility index (Phi) is 3.65. The lowest BCUT2D eigenvalue weighted by Crippen LogP contribution is -2.13. The van der Waals surface area contributed by atoms with Crippen LogP contribution in [0.3, 0.4) is 0 Å². The molecule has 0 fully saturated rings. The van der Waals surface area contributed by atoms with Crippen molar-refractivity contribution in [2.45, 2.75) is 27.3 Å². The van der Waals surface area contributed by atoms with Gasteiger partial charge in [0.25, 0.3) is 0 Å². The van der Waals surface area contributed by atoms with Crippen molar-refractivity contribution in [3.05, 3.63) is 30.9 Å². The molecule has 2 aromatic heterocycles. The van der Waals surface area contributed by atoms with Crippen LogP contribution in [0.2, 0.25) is 0 Å². The van der Waals surface area contributed by atoms with Crippen LogP contribution in [0.5, 0.6) is 0 Å². The second-order valence-electron chi connectivity index (χ2n) is 5.12. The van der Waals surface area contributed by atoms with Crippen LogP contribution < -0.4 is 5.73 Å². The second kappa shape index (κ2) is 5.21. The summed E-state index contributed by atoms with van der Waals surface area (Å²) in [5.74, 6) is 1.80. The van der Waals surface area contributed by atoms with E-state index in [0.29, 0.717) is 17.7 Å². The van der Waals surface area contributed by atoms with Crippen molar-refractivity contribution in [3.8, 4) is 11.3 Å². The molecule has 0 aliphatic rings. The molecule has 0 radical (unpaired) electrons. The highest BCUT2D eigenvalue weighted by molar-refractivity contribution is 5.61. The van der Waals surface area contributed by atoms with Gasteiger partial charge in [0.1, 0.15) is 5.82 Å². The van der Waals surface area contributed by atoms with E-state index >= 15 is 0 Å². The molecular weight excluding hydrogens is 224 g/mol. The average Bonchev–Trinajstić information content (AvgIpc) is 2.77. The van der Waals surface area contributed by atoms with Gasteiger partial charge < -0.3 is 10.3 Å². The van der Waals surface area contributed by atoms with Gasteiger partial charge in [0, 0.05) is 18.3 Å². The molecule has 96 valence electrons. The molecule has 0 aliphatic heterocycles. The fourth-order valence-corrected chi connectivity index (χ4v) is 1.84. The average molecular weight is 244 g/mol. The quantitative estimate of drug-likeness (QED) is 0.899. The lowest BCUT2D eigenvalue weighted by Gasteiger charge is -2.17. The number of nitrogens with two attached hydrogens (primary N) is 1. The van der Waals surface area contributed by atoms with E-state index in [1.807, 2.05) is 24.7 Å². The maximum Gasteiger partial charge on any atom is 0.123 e. The van der Waals surface area contributed by atoms with E-state index in [9.17, 15) is 0 Å². The Labute approximate surface area is 108 Å². The van der Waals surface area contributed by atoms with E-state index in [2.05, 4.69) is 35.3 Å². The highest BCUT2D eigenvalue weighted by Gasteiger charge is 2.11. The van der Waals surface area contributed by atoms with Crippen LogP contribution in [0, 0.1) is 11.8 Å². The molecule has 4 nitrogen and oxygen atoms in total. The molecule has 1 unspecified atom stereocenters. The van der Waals surface area contributed by atoms with Crippen molar-refractivity contribution in [1.82, 2.24) is 14.5 Å². The van der Waals surface area contributed by atoms with Gasteiger partial charge in [0.2, 0.25) is 0 Å². The zero-order valence-electron chi connectivity index (χ0n) is 11.2. The molecule has 0 amide bonds. The molecule has 4 heteroatoms. The van der Waals surface area contributed by atoms with Crippen LogP contribution in [-0.2, 0) is 6.54 Å². The van der Waals surface area contributed by atoms with Crippen LogP contribution in [0.4, 0.5) is 5.82 Å². The number of imidazole rings is 1. The number of pyridine rings is 1. The molecule has 0 aromatic carbocycles. The molecule has 2 heterocycles. The Hall–Kier alpha value is -1.84. The van der Waals surface area contributed by atoms with Crippen LogP contribution in [0.25, 0.3) is 11.3 Å². The Morgan fingerprint density at radius 1 is 1.33 bits per heavy atom. The van der Waals surface area contributed by atoms with Gasteiger partial charge in [-0.3, -0.25) is 0 Å². The van der Waals surface area contributed by atoms with Gasteiger partial charge in [-0.1, -0.05) is 20.8 Å². The first-order valence-corrected chi connectivity index (χ1v) is 6.30. The van der Waals surface area contributed by atoms with Crippen molar-refractivity contribution in [2.24, 2.45) is 11.8 Å². The molecule has 0 spiro atoms. The number of nitrogen functional groups attached to an aromatic ring is 1. The lowest BCUT2D eigenvalue weighted by atomic mass is 9.98. The van der Waals surface area contributed by atoms with Crippen molar-refractivity contribution in [3.63, 3.8) is 0 Å². The standard InChI is InChI=1S/C14H20N4/c1-10(2)11(3)8-18-9-16-7-13(18)12-4-5-17-14(15)6-12/h4-7,9-11H,8H2,1-3H3,(H2,15,17). The normalized spacial score (nSPS) is 12.9. The predicted octanol–water partition coefficient (Wildman–Crippen LogP) is 2.82. The van der Waals surface area contributed by atoms with E-state index in [-0.39, 0.29) is 0 Å². The van der Waals surface area contributed by atoms with Crippen molar-refractivity contribution < 1.29 is 0 Å². The number of hydrogen-bond donors (Lipinski definition) is 1. The first-order chi connectivity index (χ1) is 8.58. The molecule has 2 N–H and O–H groups in total. The van der Waals surface area contributed by atoms with Crippen LogP contribution in [-0.4, -0.2) is 14.5 Å². The maximum absolute atomic E-state index is 5.72. The van der Waals surface area contributed by atoms with E-state index in [4.69, 9.17) is 5.73 Å². The highest BCUT2D eigenvalue weighted by Crippen LogP contribution is 2.22. The van der Waals surface area contributed by atoms with Crippen LogP contribution in [0.15, 0.2) is 30.9 Å². The number of aromatic nitrogens is 3. The predicted molar refractivity (Wildman–Crippen MR) is 73.9 cm³/mol. The minimum absolute atomic E-state index is 0.539. The molecule has 0 bridgehead atoms. The van der Waals surface area contributed by atoms with E-state index in [1.165, 1.54) is 0 Å². The molecule has 0 aliphatic carbocycles. The van der Waals surface area contributed by atoms with Gasteiger partial charge in [0.15, 0.2) is 0 Å². The molecule has 2 aromatic rings. The van der Waals surface area contributed by atoms with Gasteiger partial charge in [-0.05, 0) is 24.0 Å². The summed E-state index contributed by atoms with van der Waals surface area (Å²) in [6, 6.07) is 3.84. The summed E-state index contributed by atoms with van der Waals surface area (Å²) < 4.78 is 2.18. The summed E-state index contributed by atoms with van der Waals surface area (Å²) in [6.07, 6.45) is 5.49. The first kappa shape index (κ1) is 12.6. The third kappa shape index (κ3) is 2.70. The largest absolute Gasteiger partial charge is 0.384 e. The minimum Gasteiger partial charge on any atom is -0.384 e. The molecule has 0 saturated carbocycles. The number of anilines is 1. The summed E-state index contributed by atoms with van der Waals surface area (Å²) in [5, 5.41) is 0.